The summed E-state index contributed by atoms with van der Waals surface area (Å²) in [4.78, 5) is 10.9. The topological polar surface area (TPSA) is 17.1 Å². The van der Waals surface area contributed by atoms with Gasteiger partial charge < -0.3 is 0 Å². The molecule has 1 nitrogen and oxygen atoms in total. The van der Waals surface area contributed by atoms with Crippen LogP contribution in [-0.2, 0) is 4.79 Å². The summed E-state index contributed by atoms with van der Waals surface area (Å²) in [6.07, 6.45) is 7.97. The second-order valence-corrected chi connectivity index (χ2v) is 2.88. The van der Waals surface area contributed by atoms with Gasteiger partial charge in [-0.3, -0.25) is 4.79 Å². The SMILES string of the molecule is CC(=O)C1=CCCCCC1. The minimum Gasteiger partial charge on any atom is -0.295 e. The molecule has 10 heavy (non-hydrogen) atoms. The molecule has 0 atom stereocenters. The van der Waals surface area contributed by atoms with Gasteiger partial charge in [0.1, 0.15) is 0 Å². The van der Waals surface area contributed by atoms with E-state index in [0.717, 1.165) is 18.4 Å². The van der Waals surface area contributed by atoms with E-state index in [1.54, 1.807) is 6.92 Å². The average molecular weight is 138 g/mol. The van der Waals surface area contributed by atoms with E-state index in [-0.39, 0.29) is 5.78 Å². The molecule has 1 heteroatoms. The number of carbonyl (C=O) groups excluding carboxylic acids is 1. The van der Waals surface area contributed by atoms with Crippen molar-refractivity contribution in [2.24, 2.45) is 0 Å². The van der Waals surface area contributed by atoms with Crippen LogP contribution < -0.4 is 0 Å². The van der Waals surface area contributed by atoms with Crippen LogP contribution in [0.15, 0.2) is 11.6 Å². The van der Waals surface area contributed by atoms with Gasteiger partial charge in [-0.15, -0.1) is 0 Å². The van der Waals surface area contributed by atoms with Crippen molar-refractivity contribution in [3.05, 3.63) is 11.6 Å². The highest BCUT2D eigenvalue weighted by Crippen LogP contribution is 2.17. The Hall–Kier alpha value is -0.590. The maximum atomic E-state index is 10.9. The number of carbonyl (C=O) groups is 1. The first kappa shape index (κ1) is 7.52. The Bertz CT molecular complexity index is 156. The number of hydrogen-bond acceptors (Lipinski definition) is 1. The van der Waals surface area contributed by atoms with E-state index in [1.807, 2.05) is 0 Å². The van der Waals surface area contributed by atoms with Gasteiger partial charge in [0.2, 0.25) is 0 Å². The van der Waals surface area contributed by atoms with E-state index < -0.39 is 0 Å². The number of rotatable bonds is 1. The Balaban J connectivity index is 2.54. The van der Waals surface area contributed by atoms with Crippen LogP contribution in [0.2, 0.25) is 0 Å². The van der Waals surface area contributed by atoms with E-state index in [1.165, 1.54) is 19.3 Å². The van der Waals surface area contributed by atoms with E-state index in [2.05, 4.69) is 6.08 Å². The van der Waals surface area contributed by atoms with Crippen molar-refractivity contribution in [3.63, 3.8) is 0 Å². The Morgan fingerprint density at radius 1 is 1.40 bits per heavy atom. The highest BCUT2D eigenvalue weighted by Gasteiger charge is 2.05. The van der Waals surface area contributed by atoms with Crippen molar-refractivity contribution in [3.8, 4) is 0 Å². The average Bonchev–Trinajstić information content (AvgIpc) is 2.12. The van der Waals surface area contributed by atoms with Crippen LogP contribution in [-0.4, -0.2) is 5.78 Å². The number of allylic oxidation sites excluding steroid dienone is 2. The first-order chi connectivity index (χ1) is 4.80. The van der Waals surface area contributed by atoms with Crippen LogP contribution in [0.1, 0.15) is 39.0 Å². The lowest BCUT2D eigenvalue weighted by molar-refractivity contribution is -0.113. The Morgan fingerprint density at radius 3 is 2.90 bits per heavy atom. The molecule has 0 saturated carbocycles. The van der Waals surface area contributed by atoms with Gasteiger partial charge in [0.25, 0.3) is 0 Å². The lowest BCUT2D eigenvalue weighted by Crippen LogP contribution is -1.94. The Morgan fingerprint density at radius 2 is 2.20 bits per heavy atom. The number of Topliss-reactive ketones (excluding diaryl/α,β-unsaturated/α-hetero) is 1. The summed E-state index contributed by atoms with van der Waals surface area (Å²) < 4.78 is 0. The summed E-state index contributed by atoms with van der Waals surface area (Å²) >= 11 is 0. The number of ketones is 1. The van der Waals surface area contributed by atoms with Crippen molar-refractivity contribution < 1.29 is 4.79 Å². The summed E-state index contributed by atoms with van der Waals surface area (Å²) in [5.74, 6) is 0.266. The van der Waals surface area contributed by atoms with Gasteiger partial charge in [0.05, 0.1) is 0 Å². The minimum atomic E-state index is 0.266. The lowest BCUT2D eigenvalue weighted by atomic mass is 10.1. The molecule has 0 aliphatic heterocycles. The first-order valence-electron chi connectivity index (χ1n) is 4.00. The zero-order chi connectivity index (χ0) is 7.40. The highest BCUT2D eigenvalue weighted by atomic mass is 16.1. The largest absolute Gasteiger partial charge is 0.295 e. The zero-order valence-electron chi connectivity index (χ0n) is 6.52. The summed E-state index contributed by atoms with van der Waals surface area (Å²) in [6.45, 7) is 1.66. The molecule has 0 aromatic heterocycles. The van der Waals surface area contributed by atoms with Gasteiger partial charge in [-0.1, -0.05) is 12.5 Å². The summed E-state index contributed by atoms with van der Waals surface area (Å²) in [6, 6.07) is 0. The Kier molecular flexibility index (Phi) is 2.67. The fraction of sp³-hybridized carbons (Fsp3) is 0.667. The van der Waals surface area contributed by atoms with Crippen molar-refractivity contribution >= 4 is 5.78 Å². The molecule has 0 fully saturated rings. The Labute approximate surface area is 62.1 Å². The molecule has 1 aliphatic rings. The molecular formula is C9H14O. The molecule has 0 bridgehead atoms. The normalized spacial score (nSPS) is 19.5. The van der Waals surface area contributed by atoms with Crippen molar-refractivity contribution in [2.45, 2.75) is 39.0 Å². The van der Waals surface area contributed by atoms with Gasteiger partial charge in [-0.05, 0) is 38.2 Å². The molecule has 0 unspecified atom stereocenters. The standard InChI is InChI=1S/C9H14O/c1-8(10)9-6-4-2-3-5-7-9/h6H,2-5,7H2,1H3. The maximum absolute atomic E-state index is 10.9. The van der Waals surface area contributed by atoms with Crippen LogP contribution in [0.3, 0.4) is 0 Å². The van der Waals surface area contributed by atoms with Crippen molar-refractivity contribution in [1.29, 1.82) is 0 Å². The molecule has 0 radical (unpaired) electrons. The third-order valence-corrected chi connectivity index (χ3v) is 1.99. The fourth-order valence-electron chi connectivity index (χ4n) is 1.33. The zero-order valence-corrected chi connectivity index (χ0v) is 6.52. The first-order valence-corrected chi connectivity index (χ1v) is 4.00. The predicted octanol–water partition coefficient (Wildman–Crippen LogP) is 2.47. The van der Waals surface area contributed by atoms with Crippen LogP contribution in [0.5, 0.6) is 0 Å². The highest BCUT2D eigenvalue weighted by molar-refractivity contribution is 5.93. The maximum Gasteiger partial charge on any atom is 0.155 e. The van der Waals surface area contributed by atoms with Crippen molar-refractivity contribution in [2.75, 3.05) is 0 Å². The molecular weight excluding hydrogens is 124 g/mol. The third kappa shape index (κ3) is 1.98. The molecule has 0 N–H and O–H groups in total. The quantitative estimate of drug-likeness (QED) is 0.544. The van der Waals surface area contributed by atoms with E-state index in [0.29, 0.717) is 0 Å². The lowest BCUT2D eigenvalue weighted by Gasteiger charge is -1.96. The van der Waals surface area contributed by atoms with Gasteiger partial charge in [-0.25, -0.2) is 0 Å². The van der Waals surface area contributed by atoms with Gasteiger partial charge in [0.15, 0.2) is 5.78 Å². The monoisotopic (exact) mass is 138 g/mol. The van der Waals surface area contributed by atoms with Gasteiger partial charge >= 0.3 is 0 Å². The van der Waals surface area contributed by atoms with E-state index in [9.17, 15) is 4.79 Å². The summed E-state index contributed by atoms with van der Waals surface area (Å²) in [5.41, 5.74) is 1.05. The second-order valence-electron chi connectivity index (χ2n) is 2.88. The number of hydrogen-bond donors (Lipinski definition) is 0. The molecule has 0 spiro atoms. The molecule has 0 aromatic rings. The molecule has 1 rings (SSSR count). The van der Waals surface area contributed by atoms with Crippen LogP contribution in [0.4, 0.5) is 0 Å². The minimum absolute atomic E-state index is 0.266. The fourth-order valence-corrected chi connectivity index (χ4v) is 1.33. The van der Waals surface area contributed by atoms with E-state index in [4.69, 9.17) is 0 Å². The molecule has 0 amide bonds. The van der Waals surface area contributed by atoms with Crippen LogP contribution >= 0.6 is 0 Å². The predicted molar refractivity (Wildman–Crippen MR) is 41.8 cm³/mol. The van der Waals surface area contributed by atoms with Crippen LogP contribution in [0.25, 0.3) is 0 Å². The molecule has 0 saturated heterocycles. The molecule has 56 valence electrons. The second kappa shape index (κ2) is 3.55. The smallest absolute Gasteiger partial charge is 0.155 e. The van der Waals surface area contributed by atoms with Crippen LogP contribution in [0, 0.1) is 0 Å². The van der Waals surface area contributed by atoms with Crippen molar-refractivity contribution in [1.82, 2.24) is 0 Å². The molecule has 0 heterocycles. The summed E-state index contributed by atoms with van der Waals surface area (Å²) in [7, 11) is 0. The van der Waals surface area contributed by atoms with E-state index >= 15 is 0 Å². The summed E-state index contributed by atoms with van der Waals surface area (Å²) in [5, 5.41) is 0. The molecule has 0 aromatic carbocycles. The molecule has 1 aliphatic carbocycles. The third-order valence-electron chi connectivity index (χ3n) is 1.99. The van der Waals surface area contributed by atoms with Gasteiger partial charge in [-0.2, -0.15) is 0 Å². The van der Waals surface area contributed by atoms with Gasteiger partial charge in [0, 0.05) is 0 Å².